The maximum atomic E-state index is 5.99. The number of benzene rings is 1. The summed E-state index contributed by atoms with van der Waals surface area (Å²) in [5.41, 5.74) is 7.45. The predicted molar refractivity (Wildman–Crippen MR) is 91.7 cm³/mol. The number of thiophene rings is 1. The number of likely N-dealkylation sites (N-methyl/N-ethyl adjacent to an activating group) is 1. The number of hydrogen-bond acceptors (Lipinski definition) is 4. The standard InChI is InChI=1S/C17H25N3S/c1-19(2)11-13-6-5-9-20(13)12-15-14-7-3-4-8-16(14)21-17(15)10-18/h3-4,7-8,13H,5-6,9-12,18H2,1-2H3. The van der Waals surface area contributed by atoms with E-state index in [1.165, 1.54) is 39.9 Å². The Morgan fingerprint density at radius 3 is 2.90 bits per heavy atom. The van der Waals surface area contributed by atoms with Crippen LogP contribution in [-0.4, -0.2) is 43.0 Å². The molecule has 1 fully saturated rings. The number of rotatable bonds is 5. The Morgan fingerprint density at radius 2 is 2.14 bits per heavy atom. The molecule has 4 heteroatoms. The van der Waals surface area contributed by atoms with E-state index in [2.05, 4.69) is 48.2 Å². The molecule has 2 aromatic rings. The normalized spacial score (nSPS) is 19.9. The van der Waals surface area contributed by atoms with Crippen LogP contribution in [0, 0.1) is 0 Å². The Kier molecular flexibility index (Phi) is 4.60. The zero-order valence-corrected chi connectivity index (χ0v) is 13.8. The van der Waals surface area contributed by atoms with Crippen molar-refractivity contribution in [3.05, 3.63) is 34.7 Å². The van der Waals surface area contributed by atoms with Gasteiger partial charge in [-0.25, -0.2) is 0 Å². The van der Waals surface area contributed by atoms with Gasteiger partial charge in [-0.2, -0.15) is 0 Å². The minimum atomic E-state index is 0.654. The second-order valence-electron chi connectivity index (χ2n) is 6.23. The fourth-order valence-electron chi connectivity index (χ4n) is 3.42. The van der Waals surface area contributed by atoms with E-state index in [0.717, 1.165) is 13.1 Å². The van der Waals surface area contributed by atoms with Gasteiger partial charge in [-0.3, -0.25) is 4.90 Å². The minimum absolute atomic E-state index is 0.654. The van der Waals surface area contributed by atoms with E-state index in [4.69, 9.17) is 5.73 Å². The van der Waals surface area contributed by atoms with Crippen LogP contribution < -0.4 is 5.73 Å². The van der Waals surface area contributed by atoms with Crippen LogP contribution in [0.3, 0.4) is 0 Å². The fourth-order valence-corrected chi connectivity index (χ4v) is 4.52. The second kappa shape index (κ2) is 6.44. The molecule has 1 saturated heterocycles. The molecule has 1 aliphatic rings. The van der Waals surface area contributed by atoms with Gasteiger partial charge in [0.2, 0.25) is 0 Å². The summed E-state index contributed by atoms with van der Waals surface area (Å²) in [6, 6.07) is 9.40. The Balaban J connectivity index is 1.86. The van der Waals surface area contributed by atoms with Crippen LogP contribution in [0.4, 0.5) is 0 Å². The molecular weight excluding hydrogens is 278 g/mol. The second-order valence-corrected chi connectivity index (χ2v) is 7.37. The van der Waals surface area contributed by atoms with E-state index in [1.807, 2.05) is 11.3 Å². The Bertz CT molecular complexity index is 605. The van der Waals surface area contributed by atoms with E-state index in [0.29, 0.717) is 12.6 Å². The van der Waals surface area contributed by atoms with Gasteiger partial charge in [0.15, 0.2) is 0 Å². The Labute approximate surface area is 131 Å². The van der Waals surface area contributed by atoms with Crippen molar-refractivity contribution in [3.8, 4) is 0 Å². The summed E-state index contributed by atoms with van der Waals surface area (Å²) in [7, 11) is 4.34. The zero-order valence-electron chi connectivity index (χ0n) is 13.0. The Morgan fingerprint density at radius 1 is 1.33 bits per heavy atom. The first-order chi connectivity index (χ1) is 10.2. The lowest BCUT2D eigenvalue weighted by Gasteiger charge is -2.27. The first-order valence-electron chi connectivity index (χ1n) is 7.77. The molecule has 1 aromatic carbocycles. The fraction of sp³-hybridized carbons (Fsp3) is 0.529. The van der Waals surface area contributed by atoms with Crippen LogP contribution >= 0.6 is 11.3 Å². The predicted octanol–water partition coefficient (Wildman–Crippen LogP) is 2.89. The summed E-state index contributed by atoms with van der Waals surface area (Å²) in [6.07, 6.45) is 2.64. The van der Waals surface area contributed by atoms with Crippen LogP contribution in [0.5, 0.6) is 0 Å². The van der Waals surface area contributed by atoms with Gasteiger partial charge in [0.25, 0.3) is 0 Å². The molecule has 2 N–H and O–H groups in total. The molecule has 1 atom stereocenters. The number of nitrogens with two attached hydrogens (primary N) is 1. The lowest BCUT2D eigenvalue weighted by atomic mass is 10.1. The molecule has 0 radical (unpaired) electrons. The third-order valence-corrected chi connectivity index (χ3v) is 5.64. The summed E-state index contributed by atoms with van der Waals surface area (Å²) in [5, 5.41) is 1.40. The van der Waals surface area contributed by atoms with Crippen molar-refractivity contribution in [1.29, 1.82) is 0 Å². The molecular formula is C17H25N3S. The molecule has 0 bridgehead atoms. The summed E-state index contributed by atoms with van der Waals surface area (Å²) in [5.74, 6) is 0. The molecule has 1 aliphatic heterocycles. The number of fused-ring (bicyclic) bond motifs is 1. The van der Waals surface area contributed by atoms with Crippen molar-refractivity contribution in [3.63, 3.8) is 0 Å². The van der Waals surface area contributed by atoms with E-state index < -0.39 is 0 Å². The minimum Gasteiger partial charge on any atom is -0.326 e. The highest BCUT2D eigenvalue weighted by Gasteiger charge is 2.26. The monoisotopic (exact) mass is 303 g/mol. The first kappa shape index (κ1) is 15.0. The van der Waals surface area contributed by atoms with Crippen molar-refractivity contribution in [2.24, 2.45) is 5.73 Å². The number of nitrogens with zero attached hydrogens (tertiary/aromatic N) is 2. The van der Waals surface area contributed by atoms with Crippen LogP contribution in [-0.2, 0) is 13.1 Å². The lowest BCUT2D eigenvalue weighted by molar-refractivity contribution is 0.201. The van der Waals surface area contributed by atoms with E-state index >= 15 is 0 Å². The quantitative estimate of drug-likeness (QED) is 0.922. The highest BCUT2D eigenvalue weighted by atomic mass is 32.1. The summed E-state index contributed by atoms with van der Waals surface area (Å²) >= 11 is 1.86. The van der Waals surface area contributed by atoms with Crippen molar-refractivity contribution in [2.75, 3.05) is 27.2 Å². The molecule has 2 heterocycles. The van der Waals surface area contributed by atoms with Gasteiger partial charge in [-0.1, -0.05) is 18.2 Å². The lowest BCUT2D eigenvalue weighted by Crippen LogP contribution is -2.37. The topological polar surface area (TPSA) is 32.5 Å². The molecule has 3 rings (SSSR count). The smallest absolute Gasteiger partial charge is 0.0349 e. The highest BCUT2D eigenvalue weighted by molar-refractivity contribution is 7.19. The molecule has 1 aromatic heterocycles. The maximum Gasteiger partial charge on any atom is 0.0349 e. The molecule has 114 valence electrons. The molecule has 0 spiro atoms. The molecule has 0 amide bonds. The largest absolute Gasteiger partial charge is 0.326 e. The number of hydrogen-bond donors (Lipinski definition) is 1. The first-order valence-corrected chi connectivity index (χ1v) is 8.59. The molecule has 1 unspecified atom stereocenters. The molecule has 3 nitrogen and oxygen atoms in total. The van der Waals surface area contributed by atoms with Crippen LogP contribution in [0.25, 0.3) is 10.1 Å². The number of likely N-dealkylation sites (tertiary alicyclic amines) is 1. The van der Waals surface area contributed by atoms with Gasteiger partial charge in [-0.05, 0) is 50.5 Å². The van der Waals surface area contributed by atoms with Gasteiger partial charge in [0, 0.05) is 35.3 Å². The summed E-state index contributed by atoms with van der Waals surface area (Å²) < 4.78 is 1.37. The maximum absolute atomic E-state index is 5.99. The summed E-state index contributed by atoms with van der Waals surface area (Å²) in [6.45, 7) is 4.07. The average Bonchev–Trinajstić information content (AvgIpc) is 3.04. The van der Waals surface area contributed by atoms with Crippen molar-refractivity contribution < 1.29 is 0 Å². The Hall–Kier alpha value is -0.940. The average molecular weight is 303 g/mol. The van der Waals surface area contributed by atoms with Gasteiger partial charge in [0.05, 0.1) is 0 Å². The third kappa shape index (κ3) is 3.14. The van der Waals surface area contributed by atoms with E-state index in [1.54, 1.807) is 0 Å². The van der Waals surface area contributed by atoms with Crippen LogP contribution in [0.15, 0.2) is 24.3 Å². The highest BCUT2D eigenvalue weighted by Crippen LogP contribution is 2.33. The molecule has 0 saturated carbocycles. The summed E-state index contributed by atoms with van der Waals surface area (Å²) in [4.78, 5) is 6.30. The SMILES string of the molecule is CN(C)CC1CCCN1Cc1c(CN)sc2ccccc12. The zero-order chi connectivity index (χ0) is 14.8. The van der Waals surface area contributed by atoms with E-state index in [9.17, 15) is 0 Å². The van der Waals surface area contributed by atoms with Crippen LogP contribution in [0.1, 0.15) is 23.3 Å². The van der Waals surface area contributed by atoms with Gasteiger partial charge >= 0.3 is 0 Å². The van der Waals surface area contributed by atoms with Crippen molar-refractivity contribution >= 4 is 21.4 Å². The van der Waals surface area contributed by atoms with Crippen molar-refractivity contribution in [2.45, 2.75) is 32.0 Å². The van der Waals surface area contributed by atoms with Gasteiger partial charge in [-0.15, -0.1) is 11.3 Å². The van der Waals surface area contributed by atoms with Gasteiger partial charge < -0.3 is 10.6 Å². The van der Waals surface area contributed by atoms with Gasteiger partial charge in [0.1, 0.15) is 0 Å². The molecule has 0 aliphatic carbocycles. The molecule has 21 heavy (non-hydrogen) atoms. The third-order valence-electron chi connectivity index (χ3n) is 4.40. The van der Waals surface area contributed by atoms with Crippen LogP contribution in [0.2, 0.25) is 0 Å². The van der Waals surface area contributed by atoms with Crippen molar-refractivity contribution in [1.82, 2.24) is 9.80 Å². The van der Waals surface area contributed by atoms with E-state index in [-0.39, 0.29) is 0 Å².